The van der Waals surface area contributed by atoms with Crippen molar-refractivity contribution in [3.8, 4) is 0 Å². The van der Waals surface area contributed by atoms with E-state index in [-0.39, 0.29) is 0 Å². The largest absolute Gasteiger partial charge is 0.376 e. The minimum Gasteiger partial charge on any atom is -0.376 e. The molecule has 1 saturated carbocycles. The minimum absolute atomic E-state index is 0.451. The number of nitrogens with one attached hydrogen (secondary N) is 2. The number of hydrogen-bond donors (Lipinski definition) is 2. The molecule has 1 fully saturated rings. The molecule has 0 amide bonds. The molecule has 2 heterocycles. The number of hydrogen-bond acceptors (Lipinski definition) is 4. The molecule has 3 rings (SSSR count). The van der Waals surface area contributed by atoms with Crippen LogP contribution in [0.15, 0.2) is 4.99 Å². The van der Waals surface area contributed by atoms with E-state index in [2.05, 4.69) is 30.4 Å². The van der Waals surface area contributed by atoms with Crippen molar-refractivity contribution in [2.75, 3.05) is 26.7 Å². The zero-order valence-corrected chi connectivity index (χ0v) is 16.9. The molecule has 0 radical (unpaired) electrons. The van der Waals surface area contributed by atoms with Crippen molar-refractivity contribution < 1.29 is 4.74 Å². The van der Waals surface area contributed by atoms with Gasteiger partial charge >= 0.3 is 0 Å². The fraction of sp³-hybridized carbons (Fsp3) is 0.850. The molecule has 7 nitrogen and oxygen atoms in total. The van der Waals surface area contributed by atoms with E-state index in [0.29, 0.717) is 6.10 Å². The Kier molecular flexibility index (Phi) is 8.39. The Hall–Kier alpha value is -1.63. The summed E-state index contributed by atoms with van der Waals surface area (Å²) in [5.41, 5.74) is 0. The Morgan fingerprint density at radius 3 is 2.63 bits per heavy atom. The Balaban J connectivity index is 1.33. The summed E-state index contributed by atoms with van der Waals surface area (Å²) in [6.07, 6.45) is 13.9. The quantitative estimate of drug-likeness (QED) is 0.331. The van der Waals surface area contributed by atoms with Crippen molar-refractivity contribution in [2.24, 2.45) is 4.99 Å². The minimum atomic E-state index is 0.451. The lowest BCUT2D eigenvalue weighted by molar-refractivity contribution is 0.0468. The van der Waals surface area contributed by atoms with E-state index in [1.165, 1.54) is 57.8 Å². The van der Waals surface area contributed by atoms with Gasteiger partial charge in [-0.05, 0) is 25.7 Å². The van der Waals surface area contributed by atoms with Crippen molar-refractivity contribution in [1.29, 1.82) is 0 Å². The Bertz CT molecular complexity index is 577. The molecule has 1 aromatic rings. The average molecular weight is 377 g/mol. The van der Waals surface area contributed by atoms with Crippen LogP contribution in [0.4, 0.5) is 0 Å². The van der Waals surface area contributed by atoms with Crippen LogP contribution in [-0.2, 0) is 24.1 Å². The number of guanidine groups is 1. The predicted molar refractivity (Wildman–Crippen MR) is 108 cm³/mol. The first-order valence-corrected chi connectivity index (χ1v) is 10.8. The summed E-state index contributed by atoms with van der Waals surface area (Å²) in [4.78, 5) is 4.30. The van der Waals surface area contributed by atoms with Gasteiger partial charge in [-0.15, -0.1) is 10.2 Å². The smallest absolute Gasteiger partial charge is 0.191 e. The molecule has 1 aliphatic heterocycles. The molecule has 2 aliphatic rings. The number of nitrogens with zero attached hydrogens (tertiary/aromatic N) is 4. The van der Waals surface area contributed by atoms with Gasteiger partial charge in [0.2, 0.25) is 0 Å². The van der Waals surface area contributed by atoms with Gasteiger partial charge < -0.3 is 19.9 Å². The van der Waals surface area contributed by atoms with Crippen molar-refractivity contribution in [3.05, 3.63) is 11.6 Å². The Labute approximate surface area is 163 Å². The number of aryl methyl sites for hydroxylation is 1. The van der Waals surface area contributed by atoms with Crippen LogP contribution in [-0.4, -0.2) is 53.6 Å². The first kappa shape index (κ1) is 20.1. The number of fused-ring (bicyclic) bond motifs is 1. The molecule has 152 valence electrons. The van der Waals surface area contributed by atoms with Crippen LogP contribution in [0.2, 0.25) is 0 Å². The maximum atomic E-state index is 6.03. The van der Waals surface area contributed by atoms with Crippen LogP contribution in [0.1, 0.15) is 69.4 Å². The number of aliphatic imine (C=N–C) groups is 1. The highest BCUT2D eigenvalue weighted by Crippen LogP contribution is 2.19. The Morgan fingerprint density at radius 1 is 1.04 bits per heavy atom. The van der Waals surface area contributed by atoms with Gasteiger partial charge in [0.05, 0.1) is 12.7 Å². The second-order valence-corrected chi connectivity index (χ2v) is 7.65. The van der Waals surface area contributed by atoms with Gasteiger partial charge in [-0.1, -0.05) is 32.1 Å². The molecular formula is C20H36N6O. The van der Waals surface area contributed by atoms with Gasteiger partial charge in [-0.2, -0.15) is 0 Å². The molecule has 0 spiro atoms. The third-order valence-electron chi connectivity index (χ3n) is 5.60. The number of ether oxygens (including phenoxy) is 1. The van der Waals surface area contributed by atoms with E-state index in [1.54, 1.807) is 0 Å². The first-order valence-electron chi connectivity index (χ1n) is 10.8. The number of rotatable bonds is 7. The van der Waals surface area contributed by atoms with Crippen LogP contribution < -0.4 is 10.6 Å². The molecular weight excluding hydrogens is 340 g/mol. The normalized spacial score (nSPS) is 19.2. The predicted octanol–water partition coefficient (Wildman–Crippen LogP) is 2.45. The van der Waals surface area contributed by atoms with Crippen LogP contribution in [0, 0.1) is 0 Å². The maximum absolute atomic E-state index is 6.03. The van der Waals surface area contributed by atoms with Crippen molar-refractivity contribution in [3.63, 3.8) is 0 Å². The van der Waals surface area contributed by atoms with E-state index in [0.717, 1.165) is 56.7 Å². The summed E-state index contributed by atoms with van der Waals surface area (Å²) in [5, 5.41) is 15.5. The third-order valence-corrected chi connectivity index (χ3v) is 5.60. The summed E-state index contributed by atoms with van der Waals surface area (Å²) < 4.78 is 8.34. The fourth-order valence-electron chi connectivity index (χ4n) is 4.05. The van der Waals surface area contributed by atoms with E-state index in [1.807, 2.05) is 7.05 Å². The average Bonchev–Trinajstić information content (AvgIpc) is 2.90. The lowest BCUT2D eigenvalue weighted by atomic mass is 10.1. The molecule has 2 N–H and O–H groups in total. The molecule has 1 aromatic heterocycles. The summed E-state index contributed by atoms with van der Waals surface area (Å²) in [6.45, 7) is 3.39. The standard InChI is InChI=1S/C20H36N6O/c1-21-20(23-14-16-27-17-9-5-2-3-6-10-17)22-13-12-19-25-24-18-11-7-4-8-15-26(18)19/h17H,2-16H2,1H3,(H2,21,22,23). The zero-order valence-electron chi connectivity index (χ0n) is 16.9. The van der Waals surface area contributed by atoms with E-state index < -0.39 is 0 Å². The van der Waals surface area contributed by atoms with Gasteiger partial charge in [-0.3, -0.25) is 4.99 Å². The molecule has 1 aliphatic carbocycles. The third kappa shape index (κ3) is 6.48. The van der Waals surface area contributed by atoms with Gasteiger partial charge in [0, 0.05) is 39.5 Å². The van der Waals surface area contributed by atoms with E-state index in [9.17, 15) is 0 Å². The van der Waals surface area contributed by atoms with Crippen LogP contribution in [0.3, 0.4) is 0 Å². The van der Waals surface area contributed by atoms with Gasteiger partial charge in [0.15, 0.2) is 5.96 Å². The lowest BCUT2D eigenvalue weighted by Gasteiger charge is -2.17. The molecule has 0 atom stereocenters. The molecule has 0 saturated heterocycles. The summed E-state index contributed by atoms with van der Waals surface area (Å²) in [7, 11) is 1.81. The fourth-order valence-corrected chi connectivity index (χ4v) is 4.05. The maximum Gasteiger partial charge on any atom is 0.191 e. The van der Waals surface area contributed by atoms with Crippen molar-refractivity contribution >= 4 is 5.96 Å². The van der Waals surface area contributed by atoms with Crippen LogP contribution in [0.25, 0.3) is 0 Å². The van der Waals surface area contributed by atoms with E-state index in [4.69, 9.17) is 4.74 Å². The molecule has 0 unspecified atom stereocenters. The second kappa shape index (κ2) is 11.3. The second-order valence-electron chi connectivity index (χ2n) is 7.65. The number of aromatic nitrogens is 3. The first-order chi connectivity index (χ1) is 13.4. The topological polar surface area (TPSA) is 76.4 Å². The monoisotopic (exact) mass is 376 g/mol. The summed E-state index contributed by atoms with van der Waals surface area (Å²) in [6, 6.07) is 0. The Morgan fingerprint density at radius 2 is 1.81 bits per heavy atom. The van der Waals surface area contributed by atoms with Crippen LogP contribution in [0.5, 0.6) is 0 Å². The molecule has 27 heavy (non-hydrogen) atoms. The summed E-state index contributed by atoms with van der Waals surface area (Å²) >= 11 is 0. The van der Waals surface area contributed by atoms with Gasteiger partial charge in [0.1, 0.15) is 11.6 Å². The highest BCUT2D eigenvalue weighted by Gasteiger charge is 2.14. The van der Waals surface area contributed by atoms with Crippen molar-refractivity contribution in [1.82, 2.24) is 25.4 Å². The van der Waals surface area contributed by atoms with Crippen molar-refractivity contribution in [2.45, 2.75) is 83.3 Å². The summed E-state index contributed by atoms with van der Waals surface area (Å²) in [5.74, 6) is 3.07. The molecule has 7 heteroatoms. The lowest BCUT2D eigenvalue weighted by Crippen LogP contribution is -2.40. The highest BCUT2D eigenvalue weighted by atomic mass is 16.5. The van der Waals surface area contributed by atoms with Gasteiger partial charge in [0.25, 0.3) is 0 Å². The SMILES string of the molecule is CN=C(NCCOC1CCCCCC1)NCCc1nnc2n1CCCCC2. The molecule has 0 bridgehead atoms. The van der Waals surface area contributed by atoms with E-state index >= 15 is 0 Å². The van der Waals surface area contributed by atoms with Gasteiger partial charge in [-0.25, -0.2) is 0 Å². The van der Waals surface area contributed by atoms with Crippen LogP contribution >= 0.6 is 0 Å². The highest BCUT2D eigenvalue weighted by molar-refractivity contribution is 5.79. The molecule has 0 aromatic carbocycles. The zero-order chi connectivity index (χ0) is 18.7.